The fourth-order valence-electron chi connectivity index (χ4n) is 1.82. The Labute approximate surface area is 89.7 Å². The highest BCUT2D eigenvalue weighted by Gasteiger charge is 2.15. The number of aryl methyl sites for hydroxylation is 1. The van der Waals surface area contributed by atoms with Gasteiger partial charge >= 0.3 is 0 Å². The van der Waals surface area contributed by atoms with Crippen LogP contribution in [0.15, 0.2) is 18.2 Å². The van der Waals surface area contributed by atoms with Crippen molar-refractivity contribution < 1.29 is 0 Å². The Morgan fingerprint density at radius 1 is 1.38 bits per heavy atom. The van der Waals surface area contributed by atoms with Crippen molar-refractivity contribution in [3.63, 3.8) is 0 Å². The molecule has 0 aliphatic heterocycles. The number of hydrogen-bond donors (Lipinski definition) is 1. The lowest BCUT2D eigenvalue weighted by Gasteiger charge is -2.21. The van der Waals surface area contributed by atoms with Crippen LogP contribution in [0.3, 0.4) is 0 Å². The first-order valence-corrected chi connectivity index (χ1v) is 4.69. The minimum absolute atomic E-state index is 0. The van der Waals surface area contributed by atoms with Crippen molar-refractivity contribution in [3.05, 3.63) is 34.3 Å². The molecule has 0 fully saturated rings. The summed E-state index contributed by atoms with van der Waals surface area (Å²) in [5, 5.41) is 0.822. The second-order valence-corrected chi connectivity index (χ2v) is 3.78. The largest absolute Gasteiger partial charge is 0.324 e. The normalized spacial score (nSPS) is 20.3. The van der Waals surface area contributed by atoms with E-state index in [2.05, 4.69) is 6.07 Å². The lowest BCUT2D eigenvalue weighted by molar-refractivity contribution is 0.570. The van der Waals surface area contributed by atoms with Gasteiger partial charge < -0.3 is 5.73 Å². The van der Waals surface area contributed by atoms with Gasteiger partial charge in [-0.3, -0.25) is 0 Å². The summed E-state index contributed by atoms with van der Waals surface area (Å²) in [6.07, 6.45) is 3.42. The molecule has 0 aromatic heterocycles. The fraction of sp³-hybridized carbons (Fsp3) is 0.400. The van der Waals surface area contributed by atoms with Crippen LogP contribution in [0.5, 0.6) is 0 Å². The zero-order chi connectivity index (χ0) is 8.55. The van der Waals surface area contributed by atoms with Crippen molar-refractivity contribution in [1.82, 2.24) is 0 Å². The highest BCUT2D eigenvalue weighted by molar-refractivity contribution is 6.30. The zero-order valence-electron chi connectivity index (χ0n) is 7.29. The Morgan fingerprint density at radius 2 is 2.15 bits per heavy atom. The first-order chi connectivity index (χ1) is 5.77. The number of benzene rings is 1. The first kappa shape index (κ1) is 10.8. The summed E-state index contributed by atoms with van der Waals surface area (Å²) in [5.74, 6) is 0. The Balaban J connectivity index is 0.000000845. The second-order valence-electron chi connectivity index (χ2n) is 3.34. The van der Waals surface area contributed by atoms with Crippen LogP contribution < -0.4 is 5.73 Å². The van der Waals surface area contributed by atoms with E-state index in [4.69, 9.17) is 17.3 Å². The van der Waals surface area contributed by atoms with E-state index >= 15 is 0 Å². The van der Waals surface area contributed by atoms with E-state index in [1.54, 1.807) is 0 Å². The molecular formula is C10H13Cl2N. The quantitative estimate of drug-likeness (QED) is 0.711. The summed E-state index contributed by atoms with van der Waals surface area (Å²) in [5.41, 5.74) is 8.57. The predicted molar refractivity (Wildman–Crippen MR) is 58.6 cm³/mol. The molecule has 0 heterocycles. The molecule has 13 heavy (non-hydrogen) atoms. The van der Waals surface area contributed by atoms with Gasteiger partial charge in [0.2, 0.25) is 0 Å². The monoisotopic (exact) mass is 217 g/mol. The van der Waals surface area contributed by atoms with Crippen LogP contribution in [0.2, 0.25) is 5.02 Å². The standard InChI is InChI=1S/C10H12ClN.ClH/c11-8-4-5-9-7(6-8)2-1-3-10(9)12;/h4-6,10H,1-3,12H2;1H. The van der Waals surface area contributed by atoms with Crippen molar-refractivity contribution in [2.45, 2.75) is 25.3 Å². The molecule has 1 unspecified atom stereocenters. The first-order valence-electron chi connectivity index (χ1n) is 4.31. The summed E-state index contributed by atoms with van der Waals surface area (Å²) in [6, 6.07) is 6.24. The molecule has 0 saturated carbocycles. The van der Waals surface area contributed by atoms with Gasteiger partial charge in [-0.05, 0) is 42.5 Å². The number of rotatable bonds is 0. The Morgan fingerprint density at radius 3 is 2.92 bits per heavy atom. The van der Waals surface area contributed by atoms with Crippen LogP contribution in [-0.2, 0) is 6.42 Å². The smallest absolute Gasteiger partial charge is 0.0408 e. The molecule has 0 saturated heterocycles. The zero-order valence-corrected chi connectivity index (χ0v) is 8.87. The lowest BCUT2D eigenvalue weighted by Crippen LogP contribution is -2.16. The van der Waals surface area contributed by atoms with Gasteiger partial charge in [-0.15, -0.1) is 12.4 Å². The molecule has 2 N–H and O–H groups in total. The van der Waals surface area contributed by atoms with Gasteiger partial charge in [-0.25, -0.2) is 0 Å². The fourth-order valence-corrected chi connectivity index (χ4v) is 2.02. The molecule has 3 heteroatoms. The van der Waals surface area contributed by atoms with E-state index in [1.807, 2.05) is 12.1 Å². The third-order valence-corrected chi connectivity index (χ3v) is 2.70. The van der Waals surface area contributed by atoms with Gasteiger partial charge in [-0.2, -0.15) is 0 Å². The Hall–Kier alpha value is -0.240. The molecular weight excluding hydrogens is 205 g/mol. The van der Waals surface area contributed by atoms with Crippen molar-refractivity contribution in [3.8, 4) is 0 Å². The van der Waals surface area contributed by atoms with Crippen LogP contribution in [-0.4, -0.2) is 0 Å². The lowest BCUT2D eigenvalue weighted by atomic mass is 9.88. The molecule has 0 bridgehead atoms. The number of halogens is 2. The van der Waals surface area contributed by atoms with Crippen LogP contribution in [0.25, 0.3) is 0 Å². The number of fused-ring (bicyclic) bond motifs is 1. The van der Waals surface area contributed by atoms with Crippen molar-refractivity contribution in [2.75, 3.05) is 0 Å². The van der Waals surface area contributed by atoms with E-state index < -0.39 is 0 Å². The molecule has 72 valence electrons. The Kier molecular flexibility index (Phi) is 3.60. The van der Waals surface area contributed by atoms with Crippen molar-refractivity contribution in [2.24, 2.45) is 5.73 Å². The average molecular weight is 218 g/mol. The topological polar surface area (TPSA) is 26.0 Å². The molecule has 1 aromatic rings. The number of hydrogen-bond acceptors (Lipinski definition) is 1. The molecule has 2 rings (SSSR count). The molecule has 1 aliphatic rings. The van der Waals surface area contributed by atoms with Gasteiger partial charge in [0.05, 0.1) is 0 Å². The van der Waals surface area contributed by atoms with Gasteiger partial charge in [-0.1, -0.05) is 17.7 Å². The molecule has 1 aromatic carbocycles. The molecule has 0 amide bonds. The van der Waals surface area contributed by atoms with Gasteiger partial charge in [0.15, 0.2) is 0 Å². The van der Waals surface area contributed by atoms with E-state index in [-0.39, 0.29) is 18.4 Å². The van der Waals surface area contributed by atoms with Gasteiger partial charge in [0.1, 0.15) is 0 Å². The molecule has 0 radical (unpaired) electrons. The summed E-state index contributed by atoms with van der Waals surface area (Å²) >= 11 is 5.88. The molecule has 0 spiro atoms. The minimum atomic E-state index is 0. The SMILES string of the molecule is Cl.NC1CCCc2cc(Cl)ccc21. The third-order valence-electron chi connectivity index (χ3n) is 2.47. The number of nitrogens with two attached hydrogens (primary N) is 1. The van der Waals surface area contributed by atoms with Gasteiger partial charge in [0, 0.05) is 11.1 Å². The predicted octanol–water partition coefficient (Wildman–Crippen LogP) is 3.10. The van der Waals surface area contributed by atoms with E-state index in [1.165, 1.54) is 17.5 Å². The maximum absolute atomic E-state index is 5.95. The van der Waals surface area contributed by atoms with E-state index in [9.17, 15) is 0 Å². The van der Waals surface area contributed by atoms with Crippen LogP contribution in [0, 0.1) is 0 Å². The highest BCUT2D eigenvalue weighted by atomic mass is 35.5. The molecule has 1 nitrogen and oxygen atoms in total. The summed E-state index contributed by atoms with van der Waals surface area (Å²) in [4.78, 5) is 0. The van der Waals surface area contributed by atoms with Crippen molar-refractivity contribution in [1.29, 1.82) is 0 Å². The van der Waals surface area contributed by atoms with Crippen LogP contribution >= 0.6 is 24.0 Å². The maximum Gasteiger partial charge on any atom is 0.0408 e. The molecule has 1 aliphatic carbocycles. The van der Waals surface area contributed by atoms with Crippen LogP contribution in [0.1, 0.15) is 30.0 Å². The van der Waals surface area contributed by atoms with E-state index in [0.717, 1.165) is 17.9 Å². The van der Waals surface area contributed by atoms with Crippen LogP contribution in [0.4, 0.5) is 0 Å². The Bertz CT molecular complexity index is 299. The summed E-state index contributed by atoms with van der Waals surface area (Å²) in [6.45, 7) is 0. The van der Waals surface area contributed by atoms with Crippen molar-refractivity contribution >= 4 is 24.0 Å². The second kappa shape index (κ2) is 4.32. The summed E-state index contributed by atoms with van der Waals surface area (Å²) < 4.78 is 0. The maximum atomic E-state index is 5.95. The summed E-state index contributed by atoms with van der Waals surface area (Å²) in [7, 11) is 0. The minimum Gasteiger partial charge on any atom is -0.324 e. The highest BCUT2D eigenvalue weighted by Crippen LogP contribution is 2.29. The molecule has 1 atom stereocenters. The van der Waals surface area contributed by atoms with Gasteiger partial charge in [0.25, 0.3) is 0 Å². The third kappa shape index (κ3) is 2.16. The van der Waals surface area contributed by atoms with E-state index in [0.29, 0.717) is 0 Å². The average Bonchev–Trinajstić information content (AvgIpc) is 2.04.